The van der Waals surface area contributed by atoms with Crippen molar-refractivity contribution >= 4 is 16.9 Å². The van der Waals surface area contributed by atoms with Crippen LogP contribution in [0.2, 0.25) is 0 Å². The highest BCUT2D eigenvalue weighted by atomic mass is 19.1. The van der Waals surface area contributed by atoms with Crippen molar-refractivity contribution in [2.75, 3.05) is 19.6 Å². The number of carbonyl (C=O) groups excluding carboxylic acids is 1. The Balaban J connectivity index is 1.50. The SMILES string of the molecule is O=C1c2oc3ccccc3c(=O)c2[C@H](c2ccc(F)cc2)N1C[C@H](c1ccco1)N1CCCC1. The van der Waals surface area contributed by atoms with Gasteiger partial charge in [0.25, 0.3) is 5.91 Å². The third-order valence-electron chi connectivity index (χ3n) is 6.88. The van der Waals surface area contributed by atoms with Crippen molar-refractivity contribution < 1.29 is 18.0 Å². The molecule has 0 aliphatic carbocycles. The number of nitrogens with zero attached hydrogens (tertiary/aromatic N) is 2. The lowest BCUT2D eigenvalue weighted by Gasteiger charge is -2.33. The van der Waals surface area contributed by atoms with Crippen LogP contribution < -0.4 is 5.43 Å². The van der Waals surface area contributed by atoms with E-state index in [1.807, 2.05) is 12.1 Å². The van der Waals surface area contributed by atoms with E-state index in [4.69, 9.17) is 8.83 Å². The minimum Gasteiger partial charge on any atom is -0.468 e. The molecule has 2 aromatic carbocycles. The molecule has 34 heavy (non-hydrogen) atoms. The lowest BCUT2D eigenvalue weighted by molar-refractivity contribution is 0.0643. The smallest absolute Gasteiger partial charge is 0.290 e. The largest absolute Gasteiger partial charge is 0.468 e. The number of amides is 1. The molecule has 1 amide bonds. The molecule has 1 saturated heterocycles. The van der Waals surface area contributed by atoms with Crippen LogP contribution in [0.25, 0.3) is 11.0 Å². The van der Waals surface area contributed by atoms with Crippen molar-refractivity contribution in [3.8, 4) is 0 Å². The highest BCUT2D eigenvalue weighted by Gasteiger charge is 2.44. The predicted octanol–water partition coefficient (Wildman–Crippen LogP) is 4.91. The predicted molar refractivity (Wildman–Crippen MR) is 124 cm³/mol. The number of para-hydroxylation sites is 1. The van der Waals surface area contributed by atoms with Gasteiger partial charge in [-0.15, -0.1) is 0 Å². The summed E-state index contributed by atoms with van der Waals surface area (Å²) in [7, 11) is 0. The van der Waals surface area contributed by atoms with Crippen LogP contribution in [0, 0.1) is 5.82 Å². The minimum atomic E-state index is -0.677. The van der Waals surface area contributed by atoms with E-state index in [2.05, 4.69) is 4.90 Å². The molecule has 4 heterocycles. The Morgan fingerprint density at radius 3 is 2.47 bits per heavy atom. The summed E-state index contributed by atoms with van der Waals surface area (Å²) < 4.78 is 25.5. The van der Waals surface area contributed by atoms with E-state index in [0.29, 0.717) is 28.6 Å². The molecule has 1 fully saturated rings. The normalized spacial score (nSPS) is 19.1. The molecule has 0 radical (unpaired) electrons. The molecule has 7 heteroatoms. The number of benzene rings is 2. The first kappa shape index (κ1) is 20.9. The topological polar surface area (TPSA) is 66.9 Å². The summed E-state index contributed by atoms with van der Waals surface area (Å²) in [5.74, 6) is 0.101. The fourth-order valence-electron chi connectivity index (χ4n) is 5.25. The van der Waals surface area contributed by atoms with Gasteiger partial charge in [0, 0.05) is 6.54 Å². The highest BCUT2D eigenvalue weighted by molar-refractivity contribution is 5.99. The summed E-state index contributed by atoms with van der Waals surface area (Å²) in [4.78, 5) is 31.3. The van der Waals surface area contributed by atoms with Crippen LogP contribution in [0.4, 0.5) is 4.39 Å². The van der Waals surface area contributed by atoms with Crippen LogP contribution in [0.15, 0.2) is 80.6 Å². The van der Waals surface area contributed by atoms with Crippen molar-refractivity contribution in [2.24, 2.45) is 0 Å². The van der Waals surface area contributed by atoms with Crippen LogP contribution >= 0.6 is 0 Å². The van der Waals surface area contributed by atoms with Crippen molar-refractivity contribution in [1.82, 2.24) is 9.80 Å². The Morgan fingerprint density at radius 2 is 1.74 bits per heavy atom. The average molecular weight is 458 g/mol. The molecule has 2 aliphatic heterocycles. The number of rotatable bonds is 5. The van der Waals surface area contributed by atoms with Crippen molar-refractivity contribution in [2.45, 2.75) is 24.9 Å². The Hall–Kier alpha value is -3.71. The van der Waals surface area contributed by atoms with Gasteiger partial charge in [0.15, 0.2) is 5.43 Å². The first-order valence-corrected chi connectivity index (χ1v) is 11.5. The van der Waals surface area contributed by atoms with Crippen LogP contribution in [-0.4, -0.2) is 35.3 Å². The monoisotopic (exact) mass is 458 g/mol. The molecular weight excluding hydrogens is 435 g/mol. The first-order chi connectivity index (χ1) is 16.6. The fraction of sp³-hybridized carbons (Fsp3) is 0.259. The van der Waals surface area contributed by atoms with Crippen molar-refractivity contribution in [3.05, 3.63) is 106 Å². The number of halogens is 1. The van der Waals surface area contributed by atoms with Crippen LogP contribution in [0.5, 0.6) is 0 Å². The molecule has 0 spiro atoms. The van der Waals surface area contributed by atoms with E-state index >= 15 is 0 Å². The van der Waals surface area contributed by atoms with Crippen LogP contribution in [0.3, 0.4) is 0 Å². The Morgan fingerprint density at radius 1 is 0.971 bits per heavy atom. The third-order valence-corrected chi connectivity index (χ3v) is 6.88. The summed E-state index contributed by atoms with van der Waals surface area (Å²) in [5.41, 5.74) is 1.10. The van der Waals surface area contributed by atoms with E-state index in [1.165, 1.54) is 12.1 Å². The van der Waals surface area contributed by atoms with Crippen molar-refractivity contribution in [3.63, 3.8) is 0 Å². The second-order valence-corrected chi connectivity index (χ2v) is 8.86. The van der Waals surface area contributed by atoms with E-state index in [-0.39, 0.29) is 29.0 Å². The molecule has 4 aromatic rings. The zero-order chi connectivity index (χ0) is 23.2. The van der Waals surface area contributed by atoms with Crippen LogP contribution in [0.1, 0.15) is 52.4 Å². The number of fused-ring (bicyclic) bond motifs is 2. The van der Waals surface area contributed by atoms with Crippen molar-refractivity contribution in [1.29, 1.82) is 0 Å². The zero-order valence-electron chi connectivity index (χ0n) is 18.4. The third kappa shape index (κ3) is 3.35. The standard InChI is InChI=1S/C27H23FN2O4/c28-18-11-9-17(10-12-18)24-23-25(31)19-6-1-2-7-21(19)34-26(23)27(32)30(24)16-20(22-8-5-15-33-22)29-13-3-4-14-29/h1-2,5-12,15,20,24H,3-4,13-14,16H2/t20-,24+/m1/s1. The minimum absolute atomic E-state index is 0.0534. The van der Waals surface area contributed by atoms with Gasteiger partial charge >= 0.3 is 0 Å². The van der Waals surface area contributed by atoms with Gasteiger partial charge < -0.3 is 13.7 Å². The van der Waals surface area contributed by atoms with Gasteiger partial charge in [-0.2, -0.15) is 0 Å². The number of carbonyl (C=O) groups is 1. The highest BCUT2D eigenvalue weighted by Crippen LogP contribution is 2.40. The second kappa shape index (κ2) is 8.25. The van der Waals surface area contributed by atoms with Gasteiger partial charge in [0.2, 0.25) is 5.76 Å². The van der Waals surface area contributed by atoms with Gasteiger partial charge in [-0.05, 0) is 67.9 Å². The maximum Gasteiger partial charge on any atom is 0.290 e. The number of hydrogen-bond donors (Lipinski definition) is 0. The first-order valence-electron chi connectivity index (χ1n) is 11.5. The Labute approximate surface area is 195 Å². The summed E-state index contributed by atoms with van der Waals surface area (Å²) in [6.07, 6.45) is 3.80. The molecule has 6 nitrogen and oxygen atoms in total. The molecule has 0 saturated carbocycles. The fourth-order valence-corrected chi connectivity index (χ4v) is 5.25. The van der Waals surface area contributed by atoms with E-state index in [9.17, 15) is 14.0 Å². The van der Waals surface area contributed by atoms with Gasteiger partial charge in [0.05, 0.1) is 29.3 Å². The average Bonchev–Trinajstić information content (AvgIpc) is 3.61. The zero-order valence-corrected chi connectivity index (χ0v) is 18.4. The number of hydrogen-bond acceptors (Lipinski definition) is 5. The lowest BCUT2D eigenvalue weighted by atomic mass is 9.98. The maximum atomic E-state index is 13.8. The molecule has 172 valence electrons. The lowest BCUT2D eigenvalue weighted by Crippen LogP contribution is -2.39. The Kier molecular flexibility index (Phi) is 5.07. The van der Waals surface area contributed by atoms with Gasteiger partial charge in [-0.1, -0.05) is 24.3 Å². The maximum absolute atomic E-state index is 13.8. The number of furan rings is 1. The summed E-state index contributed by atoms with van der Waals surface area (Å²) in [6, 6.07) is 15.8. The summed E-state index contributed by atoms with van der Waals surface area (Å²) in [5, 5.41) is 0.421. The van der Waals surface area contributed by atoms with Gasteiger partial charge in [0.1, 0.15) is 17.2 Å². The Bertz CT molecular complexity index is 1410. The molecule has 6 rings (SSSR count). The quantitative estimate of drug-likeness (QED) is 0.425. The van der Waals surface area contributed by atoms with Gasteiger partial charge in [-0.3, -0.25) is 14.5 Å². The molecule has 0 bridgehead atoms. The molecule has 2 atom stereocenters. The van der Waals surface area contributed by atoms with E-state index in [0.717, 1.165) is 31.7 Å². The molecule has 0 N–H and O–H groups in total. The summed E-state index contributed by atoms with van der Waals surface area (Å²) >= 11 is 0. The van der Waals surface area contributed by atoms with Gasteiger partial charge in [-0.25, -0.2) is 4.39 Å². The summed E-state index contributed by atoms with van der Waals surface area (Å²) in [6.45, 7) is 2.12. The molecule has 2 aromatic heterocycles. The number of likely N-dealkylation sites (tertiary alicyclic amines) is 1. The molecular formula is C27H23FN2O4. The van der Waals surface area contributed by atoms with Crippen LogP contribution in [-0.2, 0) is 0 Å². The van der Waals surface area contributed by atoms with E-state index in [1.54, 1.807) is 47.6 Å². The molecule has 2 aliphatic rings. The second-order valence-electron chi connectivity index (χ2n) is 8.86. The molecule has 0 unspecified atom stereocenters. The van der Waals surface area contributed by atoms with E-state index < -0.39 is 6.04 Å².